The molecular formula is C15H20ClNO4S. The lowest BCUT2D eigenvalue weighted by atomic mass is 9.88. The Balaban J connectivity index is 2.24. The summed E-state index contributed by atoms with van der Waals surface area (Å²) < 4.78 is 29.1. The number of hydrogen-bond donors (Lipinski definition) is 0. The van der Waals surface area contributed by atoms with Crippen LogP contribution in [0.2, 0.25) is 5.02 Å². The van der Waals surface area contributed by atoms with Crippen LogP contribution in [0.15, 0.2) is 23.1 Å². The highest BCUT2D eigenvalue weighted by Gasteiger charge is 2.35. The van der Waals surface area contributed by atoms with Crippen molar-refractivity contribution in [3.05, 3.63) is 28.8 Å². The molecule has 0 spiro atoms. The third-order valence-corrected chi connectivity index (χ3v) is 6.24. The Hall–Kier alpha value is -1.11. The molecule has 0 unspecified atom stereocenters. The molecule has 0 aliphatic heterocycles. The van der Waals surface area contributed by atoms with E-state index in [-0.39, 0.29) is 39.3 Å². The fourth-order valence-corrected chi connectivity index (χ4v) is 3.54. The molecule has 1 aliphatic carbocycles. The zero-order valence-electron chi connectivity index (χ0n) is 12.9. The predicted octanol–water partition coefficient (Wildman–Crippen LogP) is 2.38. The number of sulfone groups is 1. The van der Waals surface area contributed by atoms with Crippen molar-refractivity contribution in [2.75, 3.05) is 19.9 Å². The summed E-state index contributed by atoms with van der Waals surface area (Å²) in [5.41, 5.74) is 0.222. The highest BCUT2D eigenvalue weighted by atomic mass is 35.5. The molecule has 0 radical (unpaired) electrons. The quantitative estimate of drug-likeness (QED) is 0.822. The minimum atomic E-state index is -3.37. The zero-order chi connectivity index (χ0) is 16.5. The lowest BCUT2D eigenvalue weighted by Gasteiger charge is -2.40. The third-order valence-electron chi connectivity index (χ3n) is 4.18. The topological polar surface area (TPSA) is 63.7 Å². The Morgan fingerprint density at radius 3 is 2.59 bits per heavy atom. The van der Waals surface area contributed by atoms with Crippen molar-refractivity contribution < 1.29 is 17.9 Å². The average Bonchev–Trinajstić information content (AvgIpc) is 2.45. The van der Waals surface area contributed by atoms with Crippen molar-refractivity contribution in [2.24, 2.45) is 0 Å². The maximum absolute atomic E-state index is 12.6. The molecule has 1 aromatic rings. The number of ether oxygens (including phenoxy) is 1. The largest absolute Gasteiger partial charge is 0.381 e. The van der Waals surface area contributed by atoms with Crippen LogP contribution in [0.25, 0.3) is 0 Å². The van der Waals surface area contributed by atoms with E-state index in [4.69, 9.17) is 16.3 Å². The van der Waals surface area contributed by atoms with Gasteiger partial charge in [0.25, 0.3) is 5.91 Å². The monoisotopic (exact) mass is 345 g/mol. The van der Waals surface area contributed by atoms with Gasteiger partial charge in [0, 0.05) is 20.2 Å². The molecule has 1 saturated carbocycles. The normalized spacial score (nSPS) is 21.3. The van der Waals surface area contributed by atoms with E-state index in [1.54, 1.807) is 26.0 Å². The molecule has 0 bridgehead atoms. The van der Waals surface area contributed by atoms with Crippen LogP contribution in [-0.4, -0.2) is 51.3 Å². The number of halogens is 1. The summed E-state index contributed by atoms with van der Waals surface area (Å²) >= 11 is 6.08. The van der Waals surface area contributed by atoms with Gasteiger partial charge >= 0.3 is 0 Å². The number of amides is 1. The van der Waals surface area contributed by atoms with E-state index < -0.39 is 9.84 Å². The zero-order valence-corrected chi connectivity index (χ0v) is 14.4. The van der Waals surface area contributed by atoms with Crippen LogP contribution >= 0.6 is 11.6 Å². The van der Waals surface area contributed by atoms with E-state index in [0.29, 0.717) is 0 Å². The number of carbonyl (C=O) groups excluding carboxylic acids is 1. The smallest absolute Gasteiger partial charge is 0.255 e. The van der Waals surface area contributed by atoms with Gasteiger partial charge in [-0.2, -0.15) is 0 Å². The van der Waals surface area contributed by atoms with Crippen LogP contribution in [0.5, 0.6) is 0 Å². The number of nitrogens with zero attached hydrogens (tertiary/aromatic N) is 1. The van der Waals surface area contributed by atoms with Gasteiger partial charge < -0.3 is 9.64 Å². The predicted molar refractivity (Wildman–Crippen MR) is 85.1 cm³/mol. The number of rotatable bonds is 5. The second-order valence-corrected chi connectivity index (χ2v) is 8.13. The molecule has 1 aliphatic rings. The summed E-state index contributed by atoms with van der Waals surface area (Å²) in [6.45, 7) is 1.57. The Kier molecular flexibility index (Phi) is 5.14. The summed E-state index contributed by atoms with van der Waals surface area (Å²) in [6, 6.07) is 4.36. The van der Waals surface area contributed by atoms with Gasteiger partial charge in [-0.3, -0.25) is 4.79 Å². The molecule has 22 heavy (non-hydrogen) atoms. The second-order valence-electron chi connectivity index (χ2n) is 5.44. The van der Waals surface area contributed by atoms with Gasteiger partial charge in [0.15, 0.2) is 9.84 Å². The Morgan fingerprint density at radius 2 is 2.05 bits per heavy atom. The molecule has 1 aromatic carbocycles. The number of hydrogen-bond acceptors (Lipinski definition) is 4. The Morgan fingerprint density at radius 1 is 1.41 bits per heavy atom. The first-order chi connectivity index (χ1) is 10.3. The highest BCUT2D eigenvalue weighted by molar-refractivity contribution is 7.91. The van der Waals surface area contributed by atoms with Crippen molar-refractivity contribution in [3.63, 3.8) is 0 Å². The molecule has 0 aromatic heterocycles. The molecule has 5 nitrogen and oxygen atoms in total. The lowest BCUT2D eigenvalue weighted by Crippen LogP contribution is -2.48. The maximum atomic E-state index is 12.6. The molecule has 0 atom stereocenters. The third kappa shape index (κ3) is 3.29. The van der Waals surface area contributed by atoms with Crippen LogP contribution in [0.3, 0.4) is 0 Å². The lowest BCUT2D eigenvalue weighted by molar-refractivity contribution is -0.0144. The van der Waals surface area contributed by atoms with Crippen molar-refractivity contribution in [1.29, 1.82) is 0 Å². The van der Waals surface area contributed by atoms with Crippen LogP contribution in [-0.2, 0) is 14.6 Å². The molecule has 0 heterocycles. The molecule has 122 valence electrons. The first-order valence-electron chi connectivity index (χ1n) is 7.12. The van der Waals surface area contributed by atoms with E-state index in [1.807, 2.05) is 0 Å². The molecule has 7 heteroatoms. The molecule has 1 amide bonds. The van der Waals surface area contributed by atoms with Crippen molar-refractivity contribution in [2.45, 2.75) is 36.8 Å². The fraction of sp³-hybridized carbons (Fsp3) is 0.533. The van der Waals surface area contributed by atoms with E-state index in [1.165, 1.54) is 18.2 Å². The second kappa shape index (κ2) is 6.56. The summed E-state index contributed by atoms with van der Waals surface area (Å²) in [4.78, 5) is 14.3. The molecule has 1 fully saturated rings. The van der Waals surface area contributed by atoms with Gasteiger partial charge in [0.2, 0.25) is 0 Å². The Bertz CT molecular complexity index is 668. The van der Waals surface area contributed by atoms with E-state index in [0.717, 1.165) is 12.8 Å². The van der Waals surface area contributed by atoms with Crippen LogP contribution < -0.4 is 0 Å². The summed E-state index contributed by atoms with van der Waals surface area (Å²) in [5.74, 6) is -0.284. The molecular weight excluding hydrogens is 326 g/mol. The van der Waals surface area contributed by atoms with E-state index in [9.17, 15) is 13.2 Å². The van der Waals surface area contributed by atoms with Crippen LogP contribution in [0.1, 0.15) is 30.1 Å². The minimum absolute atomic E-state index is 0.0176. The van der Waals surface area contributed by atoms with E-state index >= 15 is 0 Å². The molecule has 0 saturated heterocycles. The summed E-state index contributed by atoms with van der Waals surface area (Å²) in [7, 11) is -0.0146. The first-order valence-corrected chi connectivity index (χ1v) is 9.15. The van der Waals surface area contributed by atoms with Crippen molar-refractivity contribution >= 4 is 27.3 Å². The standard InChI is InChI=1S/C15H20ClNO4S/c1-4-22(19,20)12-5-6-14(16)13(9-12)15(18)17(2)10-7-11(8-10)21-3/h5-6,9-11H,4,7-8H2,1-3H3. The minimum Gasteiger partial charge on any atom is -0.381 e. The maximum Gasteiger partial charge on any atom is 0.255 e. The van der Waals surface area contributed by atoms with E-state index in [2.05, 4.69) is 0 Å². The van der Waals surface area contributed by atoms with Gasteiger partial charge in [-0.05, 0) is 31.0 Å². The van der Waals surface area contributed by atoms with Gasteiger partial charge in [0.1, 0.15) is 0 Å². The number of carbonyl (C=O) groups is 1. The molecule has 2 rings (SSSR count). The SMILES string of the molecule is CCS(=O)(=O)c1ccc(Cl)c(C(=O)N(C)C2CC(OC)C2)c1. The van der Waals surface area contributed by atoms with Crippen LogP contribution in [0, 0.1) is 0 Å². The first kappa shape index (κ1) is 17.2. The van der Waals surface area contributed by atoms with Gasteiger partial charge in [-0.15, -0.1) is 0 Å². The van der Waals surface area contributed by atoms with Crippen molar-refractivity contribution in [3.8, 4) is 0 Å². The van der Waals surface area contributed by atoms with Crippen LogP contribution in [0.4, 0.5) is 0 Å². The highest BCUT2D eigenvalue weighted by Crippen LogP contribution is 2.30. The Labute approximate surface area is 136 Å². The van der Waals surface area contributed by atoms with Crippen molar-refractivity contribution in [1.82, 2.24) is 4.90 Å². The summed E-state index contributed by atoms with van der Waals surface area (Å²) in [5, 5.41) is 0.259. The van der Waals surface area contributed by atoms with Gasteiger partial charge in [-0.25, -0.2) is 8.42 Å². The number of methoxy groups -OCH3 is 1. The van der Waals surface area contributed by atoms with Gasteiger partial charge in [0.05, 0.1) is 27.3 Å². The average molecular weight is 346 g/mol. The number of benzene rings is 1. The fourth-order valence-electron chi connectivity index (χ4n) is 2.43. The van der Waals surface area contributed by atoms with Gasteiger partial charge in [-0.1, -0.05) is 18.5 Å². The molecule has 0 N–H and O–H groups in total. The summed E-state index contributed by atoms with van der Waals surface area (Å²) in [6.07, 6.45) is 1.75.